The van der Waals surface area contributed by atoms with Crippen molar-refractivity contribution < 1.29 is 9.47 Å². The van der Waals surface area contributed by atoms with Gasteiger partial charge in [0.15, 0.2) is 5.82 Å². The molecule has 4 nitrogen and oxygen atoms in total. The predicted molar refractivity (Wildman–Crippen MR) is 109 cm³/mol. The van der Waals surface area contributed by atoms with E-state index in [9.17, 15) is 0 Å². The molecule has 0 saturated heterocycles. The van der Waals surface area contributed by atoms with E-state index in [-0.39, 0.29) is 0 Å². The lowest BCUT2D eigenvalue weighted by Crippen LogP contribution is -1.98. The molecule has 0 bridgehead atoms. The summed E-state index contributed by atoms with van der Waals surface area (Å²) in [4.78, 5) is 9.00. The largest absolute Gasteiger partial charge is 0.481 e. The number of methoxy groups -OCH3 is 1. The van der Waals surface area contributed by atoms with Crippen LogP contribution in [0.2, 0.25) is 0 Å². The van der Waals surface area contributed by atoms with E-state index in [4.69, 9.17) is 9.47 Å². The fourth-order valence-electron chi connectivity index (χ4n) is 3.00. The van der Waals surface area contributed by atoms with Gasteiger partial charge in [0.05, 0.1) is 13.2 Å². The zero-order valence-corrected chi connectivity index (χ0v) is 16.2. The molecule has 3 aromatic rings. The average molecular weight is 362 g/mol. The smallest absolute Gasteiger partial charge is 0.226 e. The number of aryl methyl sites for hydroxylation is 2. The van der Waals surface area contributed by atoms with Gasteiger partial charge in [0.1, 0.15) is 5.75 Å². The molecule has 0 atom stereocenters. The fourth-order valence-corrected chi connectivity index (χ4v) is 3.00. The maximum absolute atomic E-state index is 6.08. The number of nitrogens with zero attached hydrogens (tertiary/aromatic N) is 2. The zero-order valence-electron chi connectivity index (χ0n) is 16.2. The van der Waals surface area contributed by atoms with Crippen LogP contribution in [0.25, 0.3) is 11.4 Å². The highest BCUT2D eigenvalue weighted by molar-refractivity contribution is 5.56. The van der Waals surface area contributed by atoms with Gasteiger partial charge in [0, 0.05) is 5.56 Å². The van der Waals surface area contributed by atoms with E-state index < -0.39 is 0 Å². The van der Waals surface area contributed by atoms with Crippen LogP contribution in [-0.4, -0.2) is 17.1 Å². The maximum Gasteiger partial charge on any atom is 0.226 e. The van der Waals surface area contributed by atoms with Gasteiger partial charge in [-0.05, 0) is 43.0 Å². The number of unbranched alkanes of at least 4 members (excludes halogenated alkanes) is 2. The summed E-state index contributed by atoms with van der Waals surface area (Å²) in [7, 11) is 1.60. The van der Waals surface area contributed by atoms with Gasteiger partial charge in [0.25, 0.3) is 0 Å². The molecule has 0 unspecified atom stereocenters. The number of rotatable bonds is 8. The van der Waals surface area contributed by atoms with E-state index in [1.54, 1.807) is 13.2 Å². The molecule has 0 spiro atoms. The molecule has 2 aromatic carbocycles. The van der Waals surface area contributed by atoms with E-state index in [1.165, 1.54) is 30.4 Å². The molecular weight excluding hydrogens is 336 g/mol. The van der Waals surface area contributed by atoms with E-state index in [0.717, 1.165) is 17.7 Å². The standard InChI is InChI=1S/C23H26N2O2/c1-4-5-7-10-18-13-17(2)14-20(15-18)27-22-16-21(26-3)24-23(25-22)19-11-8-6-9-12-19/h6,8-9,11-16H,4-5,7,10H2,1-3H3. The van der Waals surface area contributed by atoms with Crippen molar-refractivity contribution >= 4 is 0 Å². The van der Waals surface area contributed by atoms with E-state index >= 15 is 0 Å². The minimum Gasteiger partial charge on any atom is -0.481 e. The molecule has 0 fully saturated rings. The second-order valence-corrected chi connectivity index (χ2v) is 6.65. The lowest BCUT2D eigenvalue weighted by Gasteiger charge is -2.11. The summed E-state index contributed by atoms with van der Waals surface area (Å²) in [6.07, 6.45) is 4.72. The van der Waals surface area contributed by atoms with Gasteiger partial charge in [-0.1, -0.05) is 56.2 Å². The van der Waals surface area contributed by atoms with Crippen molar-refractivity contribution in [3.8, 4) is 28.9 Å². The Hall–Kier alpha value is -2.88. The third-order valence-electron chi connectivity index (χ3n) is 4.32. The van der Waals surface area contributed by atoms with Crippen molar-refractivity contribution in [1.82, 2.24) is 9.97 Å². The topological polar surface area (TPSA) is 44.2 Å². The van der Waals surface area contributed by atoms with Crippen molar-refractivity contribution in [3.63, 3.8) is 0 Å². The Morgan fingerprint density at radius 3 is 2.41 bits per heavy atom. The van der Waals surface area contributed by atoms with Crippen LogP contribution in [0.3, 0.4) is 0 Å². The normalized spacial score (nSPS) is 10.6. The second kappa shape index (κ2) is 9.17. The maximum atomic E-state index is 6.08. The van der Waals surface area contributed by atoms with Gasteiger partial charge in [0.2, 0.25) is 11.8 Å². The van der Waals surface area contributed by atoms with Crippen LogP contribution in [0.15, 0.2) is 54.6 Å². The van der Waals surface area contributed by atoms with Crippen LogP contribution in [0.4, 0.5) is 0 Å². The summed E-state index contributed by atoms with van der Waals surface area (Å²) in [5.41, 5.74) is 3.40. The Balaban J connectivity index is 1.86. The number of hydrogen-bond acceptors (Lipinski definition) is 4. The van der Waals surface area contributed by atoms with Crippen LogP contribution >= 0.6 is 0 Å². The van der Waals surface area contributed by atoms with Crippen LogP contribution < -0.4 is 9.47 Å². The summed E-state index contributed by atoms with van der Waals surface area (Å²) in [6, 6.07) is 17.9. The monoisotopic (exact) mass is 362 g/mol. The molecule has 140 valence electrons. The number of hydrogen-bond donors (Lipinski definition) is 0. The minimum atomic E-state index is 0.478. The molecule has 0 aliphatic carbocycles. The fraction of sp³-hybridized carbons (Fsp3) is 0.304. The molecule has 0 aliphatic rings. The number of benzene rings is 2. The summed E-state index contributed by atoms with van der Waals surface area (Å²) in [6.45, 7) is 4.31. The van der Waals surface area contributed by atoms with Gasteiger partial charge in [-0.15, -0.1) is 0 Å². The van der Waals surface area contributed by atoms with Crippen LogP contribution in [0.5, 0.6) is 17.5 Å². The third-order valence-corrected chi connectivity index (χ3v) is 4.32. The first-order valence-corrected chi connectivity index (χ1v) is 9.45. The first-order chi connectivity index (χ1) is 13.2. The van der Waals surface area contributed by atoms with Crippen LogP contribution in [0.1, 0.15) is 37.3 Å². The Morgan fingerprint density at radius 2 is 1.67 bits per heavy atom. The zero-order chi connectivity index (χ0) is 19.1. The van der Waals surface area contributed by atoms with Gasteiger partial charge >= 0.3 is 0 Å². The van der Waals surface area contributed by atoms with Crippen molar-refractivity contribution in [2.75, 3.05) is 7.11 Å². The molecular formula is C23H26N2O2. The Bertz CT molecular complexity index is 879. The summed E-state index contributed by atoms with van der Waals surface area (Å²) < 4.78 is 11.4. The molecule has 1 aromatic heterocycles. The molecule has 0 aliphatic heterocycles. The second-order valence-electron chi connectivity index (χ2n) is 6.65. The van der Waals surface area contributed by atoms with Crippen LogP contribution in [-0.2, 0) is 6.42 Å². The summed E-state index contributed by atoms with van der Waals surface area (Å²) in [5, 5.41) is 0. The minimum absolute atomic E-state index is 0.478. The Kier molecular flexibility index (Phi) is 6.42. The van der Waals surface area contributed by atoms with Gasteiger partial charge in [-0.25, -0.2) is 0 Å². The molecule has 0 radical (unpaired) electrons. The summed E-state index contributed by atoms with van der Waals surface area (Å²) >= 11 is 0. The number of aromatic nitrogens is 2. The lowest BCUT2D eigenvalue weighted by atomic mass is 10.0. The molecule has 27 heavy (non-hydrogen) atoms. The molecule has 0 saturated carbocycles. The first-order valence-electron chi connectivity index (χ1n) is 9.45. The first kappa shape index (κ1) is 18.9. The van der Waals surface area contributed by atoms with Crippen LogP contribution in [0, 0.1) is 6.92 Å². The van der Waals surface area contributed by atoms with Crippen molar-refractivity contribution in [2.45, 2.75) is 39.5 Å². The van der Waals surface area contributed by atoms with Gasteiger partial charge in [-0.3, -0.25) is 0 Å². The average Bonchev–Trinajstić information content (AvgIpc) is 2.68. The number of ether oxygens (including phenoxy) is 2. The van der Waals surface area contributed by atoms with E-state index in [0.29, 0.717) is 17.6 Å². The molecule has 1 heterocycles. The predicted octanol–water partition coefficient (Wildman–Crippen LogP) is 5.99. The quantitative estimate of drug-likeness (QED) is 0.462. The Labute approximate surface area is 161 Å². The SMILES string of the molecule is CCCCCc1cc(C)cc(Oc2cc(OC)nc(-c3ccccc3)n2)c1. The third kappa shape index (κ3) is 5.30. The molecule has 0 amide bonds. The van der Waals surface area contributed by atoms with E-state index in [1.807, 2.05) is 36.4 Å². The lowest BCUT2D eigenvalue weighted by molar-refractivity contribution is 0.389. The highest BCUT2D eigenvalue weighted by Crippen LogP contribution is 2.28. The van der Waals surface area contributed by atoms with Gasteiger partial charge in [-0.2, -0.15) is 9.97 Å². The van der Waals surface area contributed by atoms with Gasteiger partial charge < -0.3 is 9.47 Å². The molecule has 4 heteroatoms. The van der Waals surface area contributed by atoms with Crippen molar-refractivity contribution in [1.29, 1.82) is 0 Å². The molecule has 0 N–H and O–H groups in total. The Morgan fingerprint density at radius 1 is 0.889 bits per heavy atom. The molecule has 3 rings (SSSR count). The van der Waals surface area contributed by atoms with Crippen molar-refractivity contribution in [2.24, 2.45) is 0 Å². The highest BCUT2D eigenvalue weighted by atomic mass is 16.5. The van der Waals surface area contributed by atoms with E-state index in [2.05, 4.69) is 35.9 Å². The van der Waals surface area contributed by atoms with Crippen molar-refractivity contribution in [3.05, 3.63) is 65.7 Å². The highest BCUT2D eigenvalue weighted by Gasteiger charge is 2.10. The summed E-state index contributed by atoms with van der Waals surface area (Å²) in [5.74, 6) is 2.34.